The van der Waals surface area contributed by atoms with E-state index in [9.17, 15) is 4.79 Å². The van der Waals surface area contributed by atoms with Crippen molar-refractivity contribution in [1.29, 1.82) is 0 Å². The van der Waals surface area contributed by atoms with Crippen LogP contribution in [-0.4, -0.2) is 11.5 Å². The molecule has 0 aromatic heterocycles. The quantitative estimate of drug-likeness (QED) is 0.587. The average molecular weight is 284 g/mol. The molecule has 0 aliphatic heterocycles. The predicted octanol–water partition coefficient (Wildman–Crippen LogP) is 4.90. The number of ketones is 1. The fourth-order valence-electron chi connectivity index (χ4n) is 2.55. The Balaban J connectivity index is 2.13. The van der Waals surface area contributed by atoms with E-state index in [-0.39, 0.29) is 5.78 Å². The average Bonchev–Trinajstić information content (AvgIpc) is 2.35. The Bertz CT molecular complexity index is 621. The van der Waals surface area contributed by atoms with Gasteiger partial charge in [-0.3, -0.25) is 4.79 Å². The van der Waals surface area contributed by atoms with Crippen LogP contribution in [0.25, 0.3) is 0 Å². The number of thioether (sulfide) groups is 1. The molecule has 0 saturated heterocycles. The molecule has 2 heteroatoms. The maximum atomic E-state index is 12.4. The van der Waals surface area contributed by atoms with E-state index in [4.69, 9.17) is 0 Å². The summed E-state index contributed by atoms with van der Waals surface area (Å²) in [4.78, 5) is 13.6. The van der Waals surface area contributed by atoms with Gasteiger partial charge in [0.05, 0.1) is 5.75 Å². The summed E-state index contributed by atoms with van der Waals surface area (Å²) in [6.45, 7) is 8.17. The van der Waals surface area contributed by atoms with Crippen molar-refractivity contribution in [2.45, 2.75) is 32.6 Å². The van der Waals surface area contributed by atoms with Gasteiger partial charge in [0.15, 0.2) is 5.78 Å². The lowest BCUT2D eigenvalue weighted by molar-refractivity contribution is 0.102. The predicted molar refractivity (Wildman–Crippen MR) is 86.9 cm³/mol. The van der Waals surface area contributed by atoms with Crippen molar-refractivity contribution < 1.29 is 4.79 Å². The van der Waals surface area contributed by atoms with E-state index in [0.29, 0.717) is 5.75 Å². The molecule has 0 fully saturated rings. The second kappa shape index (κ2) is 6.27. The lowest BCUT2D eigenvalue weighted by Gasteiger charge is -2.10. The third-order valence-electron chi connectivity index (χ3n) is 3.32. The number of hydrogen-bond donors (Lipinski definition) is 0. The molecule has 0 unspecified atom stereocenters. The molecule has 0 saturated carbocycles. The van der Waals surface area contributed by atoms with Gasteiger partial charge in [-0.25, -0.2) is 0 Å². The van der Waals surface area contributed by atoms with Crippen LogP contribution in [0.15, 0.2) is 41.3 Å². The van der Waals surface area contributed by atoms with Crippen LogP contribution in [0.4, 0.5) is 0 Å². The molecule has 0 atom stereocenters. The molecular formula is C18H20OS. The number of carbonyl (C=O) groups is 1. The minimum Gasteiger partial charge on any atom is -0.293 e. The zero-order chi connectivity index (χ0) is 14.7. The van der Waals surface area contributed by atoms with Gasteiger partial charge in [0, 0.05) is 10.5 Å². The Morgan fingerprint density at radius 3 is 2.20 bits per heavy atom. The van der Waals surface area contributed by atoms with E-state index in [1.54, 1.807) is 11.8 Å². The molecule has 1 nitrogen and oxygen atoms in total. The number of hydrogen-bond acceptors (Lipinski definition) is 2. The molecule has 0 aliphatic carbocycles. The lowest BCUT2D eigenvalue weighted by Crippen LogP contribution is -2.07. The number of rotatable bonds is 4. The van der Waals surface area contributed by atoms with Crippen molar-refractivity contribution in [1.82, 2.24) is 0 Å². The molecule has 2 aromatic rings. The second-order valence-electron chi connectivity index (χ2n) is 5.30. The van der Waals surface area contributed by atoms with E-state index in [2.05, 4.69) is 44.2 Å². The van der Waals surface area contributed by atoms with Crippen LogP contribution >= 0.6 is 11.8 Å². The Morgan fingerprint density at radius 2 is 1.60 bits per heavy atom. The first kappa shape index (κ1) is 14.9. The van der Waals surface area contributed by atoms with Gasteiger partial charge in [0.1, 0.15) is 0 Å². The van der Waals surface area contributed by atoms with Crippen LogP contribution in [0.1, 0.15) is 32.6 Å². The molecule has 0 bridgehead atoms. The Morgan fingerprint density at radius 1 is 0.950 bits per heavy atom. The highest BCUT2D eigenvalue weighted by atomic mass is 32.2. The van der Waals surface area contributed by atoms with Crippen LogP contribution in [0.5, 0.6) is 0 Å². The maximum absolute atomic E-state index is 12.4. The summed E-state index contributed by atoms with van der Waals surface area (Å²) in [5, 5.41) is 0. The van der Waals surface area contributed by atoms with E-state index >= 15 is 0 Å². The van der Waals surface area contributed by atoms with Gasteiger partial charge >= 0.3 is 0 Å². The normalized spacial score (nSPS) is 10.6. The summed E-state index contributed by atoms with van der Waals surface area (Å²) >= 11 is 1.61. The van der Waals surface area contributed by atoms with E-state index in [0.717, 1.165) is 21.6 Å². The number of aryl methyl sites for hydroxylation is 4. The van der Waals surface area contributed by atoms with E-state index < -0.39 is 0 Å². The highest BCUT2D eigenvalue weighted by Crippen LogP contribution is 2.23. The van der Waals surface area contributed by atoms with Gasteiger partial charge in [-0.1, -0.05) is 35.4 Å². The van der Waals surface area contributed by atoms with Crippen molar-refractivity contribution in [3.05, 3.63) is 64.2 Å². The standard InChI is InChI=1S/C18H20OS/c1-12-6-5-7-16(10-12)20-11-17(19)18-14(3)8-13(2)9-15(18)4/h5-10H,11H2,1-4H3. The van der Waals surface area contributed by atoms with Crippen molar-refractivity contribution in [3.8, 4) is 0 Å². The Labute approximate surface area is 125 Å². The summed E-state index contributed by atoms with van der Waals surface area (Å²) in [6, 6.07) is 12.4. The third-order valence-corrected chi connectivity index (χ3v) is 4.31. The van der Waals surface area contributed by atoms with Gasteiger partial charge < -0.3 is 0 Å². The van der Waals surface area contributed by atoms with Gasteiger partial charge in [-0.05, 0) is 51.0 Å². The van der Waals surface area contributed by atoms with Gasteiger partial charge in [-0.15, -0.1) is 11.8 Å². The second-order valence-corrected chi connectivity index (χ2v) is 6.35. The summed E-state index contributed by atoms with van der Waals surface area (Å²) in [7, 11) is 0. The van der Waals surface area contributed by atoms with Crippen molar-refractivity contribution >= 4 is 17.5 Å². The highest BCUT2D eigenvalue weighted by molar-refractivity contribution is 8.00. The van der Waals surface area contributed by atoms with Crippen molar-refractivity contribution in [3.63, 3.8) is 0 Å². The van der Waals surface area contributed by atoms with Crippen LogP contribution in [0.2, 0.25) is 0 Å². The zero-order valence-electron chi connectivity index (χ0n) is 12.5. The lowest BCUT2D eigenvalue weighted by atomic mass is 9.97. The first-order chi connectivity index (χ1) is 9.47. The molecule has 2 rings (SSSR count). The Kier molecular flexibility index (Phi) is 4.66. The maximum Gasteiger partial charge on any atom is 0.173 e. The largest absolute Gasteiger partial charge is 0.293 e. The molecule has 0 radical (unpaired) electrons. The molecule has 0 spiro atoms. The number of benzene rings is 2. The molecule has 0 amide bonds. The zero-order valence-corrected chi connectivity index (χ0v) is 13.3. The summed E-state index contributed by atoms with van der Waals surface area (Å²) in [5.74, 6) is 0.709. The van der Waals surface area contributed by atoms with Crippen molar-refractivity contribution in [2.24, 2.45) is 0 Å². The molecule has 0 heterocycles. The Hall–Kier alpha value is -1.54. The monoisotopic (exact) mass is 284 g/mol. The summed E-state index contributed by atoms with van der Waals surface area (Å²) in [5.41, 5.74) is 5.48. The van der Waals surface area contributed by atoms with Crippen LogP contribution in [-0.2, 0) is 0 Å². The summed E-state index contributed by atoms with van der Waals surface area (Å²) < 4.78 is 0. The highest BCUT2D eigenvalue weighted by Gasteiger charge is 2.13. The molecule has 0 aliphatic rings. The van der Waals surface area contributed by atoms with E-state index in [1.165, 1.54) is 11.1 Å². The van der Waals surface area contributed by atoms with Crippen LogP contribution in [0, 0.1) is 27.7 Å². The first-order valence-electron chi connectivity index (χ1n) is 6.78. The third kappa shape index (κ3) is 3.51. The molecule has 20 heavy (non-hydrogen) atoms. The van der Waals surface area contributed by atoms with Crippen LogP contribution in [0.3, 0.4) is 0 Å². The SMILES string of the molecule is Cc1cccc(SCC(=O)c2c(C)cc(C)cc2C)c1. The van der Waals surface area contributed by atoms with Gasteiger partial charge in [0.25, 0.3) is 0 Å². The van der Waals surface area contributed by atoms with E-state index in [1.807, 2.05) is 19.9 Å². The minimum absolute atomic E-state index is 0.214. The number of carbonyl (C=O) groups excluding carboxylic acids is 1. The fraction of sp³-hybridized carbons (Fsp3) is 0.278. The minimum atomic E-state index is 0.214. The smallest absolute Gasteiger partial charge is 0.173 e. The molecule has 0 N–H and O–H groups in total. The van der Waals surface area contributed by atoms with Crippen molar-refractivity contribution in [2.75, 3.05) is 5.75 Å². The fourth-order valence-corrected chi connectivity index (χ4v) is 3.43. The molecule has 2 aromatic carbocycles. The van der Waals surface area contributed by atoms with Gasteiger partial charge in [-0.2, -0.15) is 0 Å². The first-order valence-corrected chi connectivity index (χ1v) is 7.76. The summed E-state index contributed by atoms with van der Waals surface area (Å²) in [6.07, 6.45) is 0. The number of Topliss-reactive ketones (excluding diaryl/α,β-unsaturated/α-hetero) is 1. The topological polar surface area (TPSA) is 17.1 Å². The molecular weight excluding hydrogens is 264 g/mol. The van der Waals surface area contributed by atoms with Crippen LogP contribution < -0.4 is 0 Å². The van der Waals surface area contributed by atoms with Gasteiger partial charge in [0.2, 0.25) is 0 Å². The molecule has 104 valence electrons.